The first-order valence-corrected chi connectivity index (χ1v) is 6.37. The van der Waals surface area contributed by atoms with Crippen molar-refractivity contribution < 1.29 is 14.3 Å². The van der Waals surface area contributed by atoms with Crippen LogP contribution in [-0.2, 0) is 14.3 Å². The number of nitrogens with zero attached hydrogens (tertiary/aromatic N) is 2. The Labute approximate surface area is 118 Å². The first-order chi connectivity index (χ1) is 9.06. The van der Waals surface area contributed by atoms with Crippen LogP contribution in [0.15, 0.2) is 12.3 Å². The minimum atomic E-state index is -0.647. The summed E-state index contributed by atoms with van der Waals surface area (Å²) in [6, 6.07) is 0.858. The Morgan fingerprint density at radius 3 is 2.89 bits per heavy atom. The minimum Gasteiger partial charge on any atom is -0.365 e. The molecule has 2 aliphatic heterocycles. The largest absolute Gasteiger partial charge is 0.365 e. The number of ketones is 1. The molecule has 6 nitrogen and oxygen atoms in total. The zero-order chi connectivity index (χ0) is 13.6. The van der Waals surface area contributed by atoms with Gasteiger partial charge in [-0.1, -0.05) is 23.2 Å². The maximum absolute atomic E-state index is 12.1. The fraction of sp³-hybridized carbons (Fsp3) is 0.364. The second kappa shape index (κ2) is 4.63. The Hall–Kier alpha value is -1.37. The van der Waals surface area contributed by atoms with Crippen molar-refractivity contribution in [2.45, 2.75) is 18.6 Å². The number of aromatic nitrogens is 1. The van der Waals surface area contributed by atoms with E-state index < -0.39 is 12.1 Å². The van der Waals surface area contributed by atoms with Crippen molar-refractivity contribution in [2.24, 2.45) is 0 Å². The normalized spacial score (nSPS) is 25.4. The highest BCUT2D eigenvalue weighted by atomic mass is 35.5. The molecule has 1 aromatic heterocycles. The summed E-state index contributed by atoms with van der Waals surface area (Å²) in [5.41, 5.74) is 2.57. The first-order valence-electron chi connectivity index (χ1n) is 5.61. The molecule has 2 saturated heterocycles. The summed E-state index contributed by atoms with van der Waals surface area (Å²) in [7, 11) is 0. The number of carbonyl (C=O) groups is 2. The maximum Gasteiger partial charge on any atom is 0.241 e. The van der Waals surface area contributed by atoms with Crippen LogP contribution in [0.2, 0.25) is 10.0 Å². The molecule has 1 N–H and O–H groups in total. The number of pyridine rings is 1. The maximum atomic E-state index is 12.1. The smallest absolute Gasteiger partial charge is 0.241 e. The Morgan fingerprint density at radius 2 is 2.26 bits per heavy atom. The van der Waals surface area contributed by atoms with Crippen molar-refractivity contribution in [1.29, 1.82) is 0 Å². The number of halogens is 2. The highest BCUT2D eigenvalue weighted by molar-refractivity contribution is 6.36. The molecule has 8 heteroatoms. The third-order valence-electron chi connectivity index (χ3n) is 2.93. The van der Waals surface area contributed by atoms with Crippen LogP contribution in [-0.4, -0.2) is 35.4 Å². The first kappa shape index (κ1) is 12.7. The van der Waals surface area contributed by atoms with Gasteiger partial charge in [0.1, 0.15) is 12.1 Å². The standard InChI is InChI=1S/C11H9Cl2N3O3/c12-5-1-6(13)11(14-3-5)16-7(2-9(17)15-16)10(18)8-4-19-8/h1,3,7-8H,2,4H2,(H,15,17). The van der Waals surface area contributed by atoms with Gasteiger partial charge in [-0.3, -0.25) is 20.0 Å². The molecule has 100 valence electrons. The molecule has 1 amide bonds. The predicted octanol–water partition coefficient (Wildman–Crippen LogP) is 0.966. The van der Waals surface area contributed by atoms with Crippen LogP contribution in [0.1, 0.15) is 6.42 Å². The number of hydrogen-bond acceptors (Lipinski definition) is 5. The molecule has 0 aliphatic carbocycles. The van der Waals surface area contributed by atoms with Crippen molar-refractivity contribution in [1.82, 2.24) is 10.4 Å². The van der Waals surface area contributed by atoms with E-state index >= 15 is 0 Å². The van der Waals surface area contributed by atoms with Gasteiger partial charge in [-0.25, -0.2) is 4.98 Å². The van der Waals surface area contributed by atoms with E-state index in [-0.39, 0.29) is 23.1 Å². The van der Waals surface area contributed by atoms with E-state index in [0.717, 1.165) is 0 Å². The molecular formula is C11H9Cl2N3O3. The van der Waals surface area contributed by atoms with Crippen LogP contribution in [0, 0.1) is 0 Å². The predicted molar refractivity (Wildman–Crippen MR) is 68.0 cm³/mol. The van der Waals surface area contributed by atoms with E-state index in [9.17, 15) is 9.59 Å². The lowest BCUT2D eigenvalue weighted by atomic mass is 10.1. The Morgan fingerprint density at radius 1 is 1.53 bits per heavy atom. The van der Waals surface area contributed by atoms with Gasteiger partial charge >= 0.3 is 0 Å². The van der Waals surface area contributed by atoms with Crippen molar-refractivity contribution in [3.05, 3.63) is 22.3 Å². The zero-order valence-corrected chi connectivity index (χ0v) is 11.1. The molecule has 2 atom stereocenters. The number of hydrazine groups is 1. The average Bonchev–Trinajstić information content (AvgIpc) is 3.12. The molecule has 0 radical (unpaired) electrons. The highest BCUT2D eigenvalue weighted by Gasteiger charge is 2.44. The summed E-state index contributed by atoms with van der Waals surface area (Å²) in [4.78, 5) is 27.6. The third-order valence-corrected chi connectivity index (χ3v) is 3.42. The van der Waals surface area contributed by atoms with Crippen LogP contribution >= 0.6 is 23.2 Å². The molecular weight excluding hydrogens is 293 g/mol. The van der Waals surface area contributed by atoms with E-state index in [1.54, 1.807) is 0 Å². The molecule has 0 spiro atoms. The summed E-state index contributed by atoms with van der Waals surface area (Å²) >= 11 is 11.8. The van der Waals surface area contributed by atoms with E-state index in [4.69, 9.17) is 27.9 Å². The summed E-state index contributed by atoms with van der Waals surface area (Å²) in [5, 5.41) is 2.03. The lowest BCUT2D eigenvalue weighted by Gasteiger charge is -2.23. The monoisotopic (exact) mass is 301 g/mol. The van der Waals surface area contributed by atoms with Crippen LogP contribution < -0.4 is 10.4 Å². The van der Waals surface area contributed by atoms with Gasteiger partial charge in [-0.05, 0) is 6.07 Å². The van der Waals surface area contributed by atoms with Crippen molar-refractivity contribution >= 4 is 40.7 Å². The zero-order valence-electron chi connectivity index (χ0n) is 9.60. The summed E-state index contributed by atoms with van der Waals surface area (Å²) < 4.78 is 4.96. The van der Waals surface area contributed by atoms with Gasteiger partial charge in [0, 0.05) is 6.20 Å². The van der Waals surface area contributed by atoms with Crippen LogP contribution in [0.5, 0.6) is 0 Å². The Balaban J connectivity index is 1.92. The quantitative estimate of drug-likeness (QED) is 0.842. The number of rotatable bonds is 3. The number of ether oxygens (including phenoxy) is 1. The summed E-state index contributed by atoms with van der Waals surface area (Å²) in [6.45, 7) is 0.402. The lowest BCUT2D eigenvalue weighted by Crippen LogP contribution is -2.44. The van der Waals surface area contributed by atoms with Gasteiger partial charge in [-0.15, -0.1) is 0 Å². The molecule has 0 saturated carbocycles. The van der Waals surface area contributed by atoms with E-state index in [0.29, 0.717) is 17.4 Å². The minimum absolute atomic E-state index is 0.0688. The molecule has 2 aliphatic rings. The fourth-order valence-electron chi connectivity index (χ4n) is 1.96. The number of anilines is 1. The lowest BCUT2D eigenvalue weighted by molar-refractivity contribution is -0.123. The van der Waals surface area contributed by atoms with Crippen molar-refractivity contribution in [3.8, 4) is 0 Å². The molecule has 2 fully saturated rings. The van der Waals surface area contributed by atoms with Gasteiger partial charge < -0.3 is 4.74 Å². The number of carbonyl (C=O) groups excluding carboxylic acids is 2. The molecule has 3 rings (SSSR count). The van der Waals surface area contributed by atoms with Gasteiger partial charge in [0.05, 0.1) is 23.1 Å². The molecule has 0 bridgehead atoms. The van der Waals surface area contributed by atoms with E-state index in [2.05, 4.69) is 10.4 Å². The number of nitrogens with one attached hydrogen (secondary N) is 1. The third kappa shape index (κ3) is 2.39. The molecule has 0 aromatic carbocycles. The van der Waals surface area contributed by atoms with E-state index in [1.807, 2.05) is 0 Å². The molecule has 19 heavy (non-hydrogen) atoms. The topological polar surface area (TPSA) is 74.8 Å². The van der Waals surface area contributed by atoms with Gasteiger partial charge in [0.25, 0.3) is 0 Å². The molecule has 1 aromatic rings. The number of amides is 1. The summed E-state index contributed by atoms with van der Waals surface area (Å²) in [6.07, 6.45) is 1.05. The van der Waals surface area contributed by atoms with Gasteiger partial charge in [0.2, 0.25) is 5.91 Å². The number of epoxide rings is 1. The number of Topliss-reactive ketones (excluding diaryl/α,β-unsaturated/α-hetero) is 1. The second-order valence-corrected chi connectivity index (χ2v) is 5.15. The van der Waals surface area contributed by atoms with Crippen LogP contribution in [0.4, 0.5) is 5.82 Å². The average molecular weight is 302 g/mol. The van der Waals surface area contributed by atoms with E-state index in [1.165, 1.54) is 17.3 Å². The Kier molecular flexibility index (Phi) is 3.08. The molecule has 2 unspecified atom stereocenters. The summed E-state index contributed by atoms with van der Waals surface area (Å²) in [5.74, 6) is -0.103. The second-order valence-electron chi connectivity index (χ2n) is 4.31. The highest BCUT2D eigenvalue weighted by Crippen LogP contribution is 2.30. The van der Waals surface area contributed by atoms with Crippen LogP contribution in [0.3, 0.4) is 0 Å². The van der Waals surface area contributed by atoms with Crippen molar-refractivity contribution in [3.63, 3.8) is 0 Å². The molecule has 3 heterocycles. The fourth-order valence-corrected chi connectivity index (χ4v) is 2.44. The Bertz CT molecular complexity index is 562. The van der Waals surface area contributed by atoms with Gasteiger partial charge in [0.15, 0.2) is 11.6 Å². The SMILES string of the molecule is O=C1CC(C(=O)C2CO2)N(c2ncc(Cl)cc2Cl)N1. The van der Waals surface area contributed by atoms with Crippen LogP contribution in [0.25, 0.3) is 0 Å². The van der Waals surface area contributed by atoms with Gasteiger partial charge in [-0.2, -0.15) is 0 Å². The van der Waals surface area contributed by atoms with Crippen molar-refractivity contribution in [2.75, 3.05) is 11.6 Å². The number of hydrogen-bond donors (Lipinski definition) is 1.